The molecule has 174 valence electrons. The highest BCUT2D eigenvalue weighted by Crippen LogP contribution is 2.52. The monoisotopic (exact) mass is 515 g/mol. The molecule has 10 heteroatoms. The van der Waals surface area contributed by atoms with Crippen molar-refractivity contribution in [2.75, 3.05) is 0 Å². The predicted octanol–water partition coefficient (Wildman–Crippen LogP) is 6.56. The summed E-state index contributed by atoms with van der Waals surface area (Å²) < 4.78 is 65.1. The summed E-state index contributed by atoms with van der Waals surface area (Å²) in [5, 5.41) is 0.742. The molecular weight excluding hydrogens is 498 g/mol. The average molecular weight is 516 g/mol. The molecule has 4 rings (SSSR count). The summed E-state index contributed by atoms with van der Waals surface area (Å²) in [5.41, 5.74) is -0.204. The van der Waals surface area contributed by atoms with E-state index in [1.165, 1.54) is 12.1 Å². The van der Waals surface area contributed by atoms with E-state index in [2.05, 4.69) is 0 Å². The standard InChI is InChI=1S/C23H18Cl2F3NO3S/c24-19-8-6-16(13-20(19)25)22(10-11-22)14-15-12-17(23(26,27)28)7-9-21(15)32-29-33(30,31)18-4-2-1-3-5-18/h1-9,12-13,29H,10-11,14H2. The zero-order chi connectivity index (χ0) is 23.9. The molecule has 3 aromatic carbocycles. The van der Waals surface area contributed by atoms with Crippen molar-refractivity contribution in [2.24, 2.45) is 0 Å². The maximum atomic E-state index is 13.4. The van der Waals surface area contributed by atoms with Crippen LogP contribution in [0.25, 0.3) is 0 Å². The number of rotatable bonds is 7. The number of hydrogen-bond acceptors (Lipinski definition) is 3. The van der Waals surface area contributed by atoms with Crippen molar-refractivity contribution in [1.82, 2.24) is 4.89 Å². The average Bonchev–Trinajstić information content (AvgIpc) is 3.55. The fourth-order valence-electron chi connectivity index (χ4n) is 3.65. The van der Waals surface area contributed by atoms with Crippen LogP contribution in [0.15, 0.2) is 71.6 Å². The first-order valence-corrected chi connectivity index (χ1v) is 12.1. The molecule has 1 saturated carbocycles. The Morgan fingerprint density at radius 1 is 0.939 bits per heavy atom. The highest BCUT2D eigenvalue weighted by atomic mass is 35.5. The molecule has 0 atom stereocenters. The van der Waals surface area contributed by atoms with Crippen molar-refractivity contribution < 1.29 is 26.4 Å². The lowest BCUT2D eigenvalue weighted by molar-refractivity contribution is -0.137. The van der Waals surface area contributed by atoms with E-state index in [-0.39, 0.29) is 22.6 Å². The molecule has 1 aliphatic rings. The summed E-state index contributed by atoms with van der Waals surface area (Å²) in [4.78, 5) is 7.29. The second-order valence-electron chi connectivity index (χ2n) is 7.91. The van der Waals surface area contributed by atoms with Gasteiger partial charge in [-0.15, -0.1) is 0 Å². The number of alkyl halides is 3. The number of hydrogen-bond donors (Lipinski definition) is 1. The zero-order valence-corrected chi connectivity index (χ0v) is 19.3. The van der Waals surface area contributed by atoms with Crippen LogP contribution in [0.4, 0.5) is 13.2 Å². The van der Waals surface area contributed by atoms with Crippen LogP contribution in [0.5, 0.6) is 5.75 Å². The first kappa shape index (κ1) is 23.9. The largest absolute Gasteiger partial charge is 0.416 e. The Bertz CT molecular complexity index is 1280. The summed E-state index contributed by atoms with van der Waals surface area (Å²) in [6, 6.07) is 15.6. The second-order valence-corrected chi connectivity index (χ2v) is 10.4. The van der Waals surface area contributed by atoms with Crippen molar-refractivity contribution in [3.8, 4) is 5.75 Å². The molecule has 0 heterocycles. The van der Waals surface area contributed by atoms with Gasteiger partial charge in [-0.2, -0.15) is 13.2 Å². The highest BCUT2D eigenvalue weighted by Gasteiger charge is 2.45. The van der Waals surface area contributed by atoms with E-state index in [0.717, 1.165) is 36.6 Å². The third-order valence-corrected chi connectivity index (χ3v) is 7.55. The van der Waals surface area contributed by atoms with Crippen molar-refractivity contribution in [3.05, 3.63) is 93.5 Å². The van der Waals surface area contributed by atoms with Crippen LogP contribution in [-0.2, 0) is 28.0 Å². The van der Waals surface area contributed by atoms with Crippen LogP contribution in [0.3, 0.4) is 0 Å². The highest BCUT2D eigenvalue weighted by molar-refractivity contribution is 7.89. The first-order chi connectivity index (χ1) is 15.5. The van der Waals surface area contributed by atoms with Crippen LogP contribution >= 0.6 is 23.2 Å². The van der Waals surface area contributed by atoms with Crippen molar-refractivity contribution in [1.29, 1.82) is 0 Å². The van der Waals surface area contributed by atoms with Gasteiger partial charge in [0.05, 0.1) is 20.5 Å². The maximum absolute atomic E-state index is 13.4. The molecule has 33 heavy (non-hydrogen) atoms. The molecule has 1 N–H and O–H groups in total. The van der Waals surface area contributed by atoms with Gasteiger partial charge >= 0.3 is 6.18 Å². The van der Waals surface area contributed by atoms with Crippen LogP contribution in [0.2, 0.25) is 10.0 Å². The minimum Gasteiger partial charge on any atom is -0.393 e. The van der Waals surface area contributed by atoms with E-state index < -0.39 is 27.2 Å². The van der Waals surface area contributed by atoms with Gasteiger partial charge in [0.15, 0.2) is 5.75 Å². The van der Waals surface area contributed by atoms with Gasteiger partial charge in [0, 0.05) is 0 Å². The van der Waals surface area contributed by atoms with Crippen LogP contribution in [0.1, 0.15) is 29.5 Å². The van der Waals surface area contributed by atoms with Gasteiger partial charge < -0.3 is 4.84 Å². The van der Waals surface area contributed by atoms with Gasteiger partial charge in [0.1, 0.15) is 0 Å². The molecule has 0 saturated heterocycles. The Labute approximate surface area is 199 Å². The van der Waals surface area contributed by atoms with E-state index in [4.69, 9.17) is 28.0 Å². The van der Waals surface area contributed by atoms with E-state index >= 15 is 0 Å². The lowest BCUT2D eigenvalue weighted by Gasteiger charge is -2.20. The van der Waals surface area contributed by atoms with Crippen LogP contribution < -0.4 is 9.72 Å². The summed E-state index contributed by atoms with van der Waals surface area (Å²) >= 11 is 12.1. The molecule has 1 aliphatic carbocycles. The Kier molecular flexibility index (Phi) is 6.39. The molecule has 0 aromatic heterocycles. The number of sulfonamides is 1. The van der Waals surface area contributed by atoms with Gasteiger partial charge in [-0.25, -0.2) is 8.42 Å². The molecule has 0 aliphatic heterocycles. The number of benzene rings is 3. The second kappa shape index (κ2) is 8.83. The predicted molar refractivity (Wildman–Crippen MR) is 120 cm³/mol. The molecule has 0 radical (unpaired) electrons. The minimum atomic E-state index is -4.56. The Morgan fingerprint density at radius 2 is 1.64 bits per heavy atom. The van der Waals surface area contributed by atoms with Crippen molar-refractivity contribution in [3.63, 3.8) is 0 Å². The van der Waals surface area contributed by atoms with Crippen LogP contribution in [-0.4, -0.2) is 8.42 Å². The molecule has 0 unspecified atom stereocenters. The Hall–Kier alpha value is -2.26. The zero-order valence-electron chi connectivity index (χ0n) is 17.0. The van der Waals surface area contributed by atoms with Crippen molar-refractivity contribution in [2.45, 2.75) is 35.7 Å². The molecule has 0 bridgehead atoms. The number of halogens is 5. The summed E-state index contributed by atoms with van der Waals surface area (Å²) in [6.45, 7) is 0. The Morgan fingerprint density at radius 3 is 2.24 bits per heavy atom. The fraction of sp³-hybridized carbons (Fsp3) is 0.217. The SMILES string of the molecule is O=S(=O)(NOc1ccc(C(F)(F)F)cc1CC1(c2ccc(Cl)c(Cl)c2)CC1)c1ccccc1. The normalized spacial score (nSPS) is 15.3. The minimum absolute atomic E-state index is 0.00570. The molecule has 1 fully saturated rings. The van der Waals surface area contributed by atoms with E-state index in [9.17, 15) is 21.6 Å². The van der Waals surface area contributed by atoms with Gasteiger partial charge in [0.25, 0.3) is 10.0 Å². The lowest BCUT2D eigenvalue weighted by Crippen LogP contribution is -2.28. The first-order valence-electron chi connectivity index (χ1n) is 9.90. The van der Waals surface area contributed by atoms with Gasteiger partial charge in [-0.3, -0.25) is 0 Å². The van der Waals surface area contributed by atoms with Crippen molar-refractivity contribution >= 4 is 33.2 Å². The van der Waals surface area contributed by atoms with Gasteiger partial charge in [-0.05, 0) is 83.2 Å². The van der Waals surface area contributed by atoms with E-state index in [0.29, 0.717) is 10.0 Å². The maximum Gasteiger partial charge on any atom is 0.416 e. The lowest BCUT2D eigenvalue weighted by atomic mass is 9.88. The number of nitrogens with one attached hydrogen (secondary N) is 1. The van der Waals surface area contributed by atoms with Crippen LogP contribution in [0, 0.1) is 0 Å². The molecule has 0 amide bonds. The third kappa shape index (κ3) is 5.30. The smallest absolute Gasteiger partial charge is 0.393 e. The quantitative estimate of drug-likeness (QED) is 0.362. The topological polar surface area (TPSA) is 55.4 Å². The van der Waals surface area contributed by atoms with Gasteiger partial charge in [-0.1, -0.05) is 47.5 Å². The summed E-state index contributed by atoms with van der Waals surface area (Å²) in [5.74, 6) is -0.00570. The van der Waals surface area contributed by atoms with Gasteiger partial charge in [0.2, 0.25) is 0 Å². The van der Waals surface area contributed by atoms with E-state index in [1.54, 1.807) is 36.4 Å². The molecule has 3 aromatic rings. The van der Waals surface area contributed by atoms with E-state index in [1.807, 2.05) is 4.89 Å². The summed E-state index contributed by atoms with van der Waals surface area (Å²) in [7, 11) is -4.03. The molecule has 0 spiro atoms. The third-order valence-electron chi connectivity index (χ3n) is 5.62. The Balaban J connectivity index is 1.65. The molecular formula is C23H18Cl2F3NO3S. The molecule has 4 nitrogen and oxygen atoms in total. The fourth-order valence-corrected chi connectivity index (χ4v) is 4.76. The summed E-state index contributed by atoms with van der Waals surface area (Å²) in [6.07, 6.45) is -2.89.